The van der Waals surface area contributed by atoms with Crippen LogP contribution < -0.4 is 10.8 Å². The molecule has 7 heteroatoms. The van der Waals surface area contributed by atoms with Crippen molar-refractivity contribution in [2.45, 2.75) is 39.3 Å². The largest absolute Gasteiger partial charge is 0.340 e. The molecule has 0 aliphatic heterocycles. The molecule has 0 heterocycles. The standard InChI is InChI=1S/C30H35N3O4/c1-21(2)18-26(19-27(34)32-37)29(35)31-28(30(36)33(3)20-22-10-6-4-7-11-22)25-16-14-24(15-17-25)23-12-8-5-9-13-23/h4-17,21,26,28,37H,18-20H2,1-3H3,(H,31,35)(H,32,34)/t26-,28?/m1/s1. The molecule has 0 aliphatic carbocycles. The molecule has 194 valence electrons. The van der Waals surface area contributed by atoms with Crippen molar-refractivity contribution in [2.75, 3.05) is 7.05 Å². The second-order valence-corrected chi connectivity index (χ2v) is 9.68. The lowest BCUT2D eigenvalue weighted by Gasteiger charge is -2.27. The van der Waals surface area contributed by atoms with Crippen LogP contribution in [-0.4, -0.2) is 34.9 Å². The van der Waals surface area contributed by atoms with Gasteiger partial charge in [-0.05, 0) is 34.6 Å². The van der Waals surface area contributed by atoms with Crippen LogP contribution in [-0.2, 0) is 20.9 Å². The molecule has 0 spiro atoms. The van der Waals surface area contributed by atoms with Gasteiger partial charge in [-0.2, -0.15) is 0 Å². The van der Waals surface area contributed by atoms with Gasteiger partial charge in [-0.1, -0.05) is 98.8 Å². The lowest BCUT2D eigenvalue weighted by Crippen LogP contribution is -2.44. The topological polar surface area (TPSA) is 98.7 Å². The summed E-state index contributed by atoms with van der Waals surface area (Å²) in [5.74, 6) is -1.86. The maximum Gasteiger partial charge on any atom is 0.249 e. The summed E-state index contributed by atoms with van der Waals surface area (Å²) in [7, 11) is 1.71. The Morgan fingerprint density at radius 3 is 1.97 bits per heavy atom. The van der Waals surface area contributed by atoms with Gasteiger partial charge in [0.05, 0.1) is 0 Å². The van der Waals surface area contributed by atoms with Crippen LogP contribution >= 0.6 is 0 Å². The van der Waals surface area contributed by atoms with E-state index in [1.165, 1.54) is 0 Å². The number of amides is 3. The first-order valence-electron chi connectivity index (χ1n) is 12.5. The number of hydroxylamine groups is 1. The number of benzene rings is 3. The van der Waals surface area contributed by atoms with Gasteiger partial charge in [0, 0.05) is 25.9 Å². The minimum Gasteiger partial charge on any atom is -0.340 e. The molecule has 0 saturated carbocycles. The summed E-state index contributed by atoms with van der Waals surface area (Å²) in [5.41, 5.74) is 5.27. The van der Waals surface area contributed by atoms with Crippen LogP contribution in [0.4, 0.5) is 0 Å². The van der Waals surface area contributed by atoms with E-state index in [1.54, 1.807) is 17.4 Å². The molecule has 3 amide bonds. The summed E-state index contributed by atoms with van der Waals surface area (Å²) in [5, 5.41) is 11.9. The summed E-state index contributed by atoms with van der Waals surface area (Å²) in [6.45, 7) is 4.29. The highest BCUT2D eigenvalue weighted by Gasteiger charge is 2.30. The van der Waals surface area contributed by atoms with E-state index in [0.717, 1.165) is 16.7 Å². The fraction of sp³-hybridized carbons (Fsp3) is 0.300. The zero-order valence-electron chi connectivity index (χ0n) is 21.6. The third kappa shape index (κ3) is 8.02. The highest BCUT2D eigenvalue weighted by molar-refractivity contribution is 5.91. The first-order chi connectivity index (χ1) is 17.8. The third-order valence-corrected chi connectivity index (χ3v) is 6.21. The number of nitrogens with one attached hydrogen (secondary N) is 2. The minimum atomic E-state index is -0.933. The summed E-state index contributed by atoms with van der Waals surface area (Å²) < 4.78 is 0. The van der Waals surface area contributed by atoms with Crippen LogP contribution in [0.5, 0.6) is 0 Å². The van der Waals surface area contributed by atoms with Crippen LogP contribution in [0.1, 0.15) is 43.9 Å². The van der Waals surface area contributed by atoms with Gasteiger partial charge < -0.3 is 10.2 Å². The lowest BCUT2D eigenvalue weighted by molar-refractivity contribution is -0.139. The SMILES string of the molecule is CC(C)C[C@H](CC(=O)NO)C(=O)NC(C(=O)N(C)Cc1ccccc1)c1ccc(-c2ccccc2)cc1. The van der Waals surface area contributed by atoms with Gasteiger partial charge in [-0.15, -0.1) is 0 Å². The van der Waals surface area contributed by atoms with E-state index < -0.39 is 23.8 Å². The normalized spacial score (nSPS) is 12.5. The summed E-state index contributed by atoms with van der Waals surface area (Å²) >= 11 is 0. The van der Waals surface area contributed by atoms with Gasteiger partial charge >= 0.3 is 0 Å². The average Bonchev–Trinajstić information content (AvgIpc) is 2.91. The zero-order chi connectivity index (χ0) is 26.8. The van der Waals surface area contributed by atoms with E-state index in [4.69, 9.17) is 5.21 Å². The Balaban J connectivity index is 1.88. The molecule has 0 saturated heterocycles. The smallest absolute Gasteiger partial charge is 0.249 e. The Hall–Kier alpha value is -3.97. The fourth-order valence-electron chi connectivity index (χ4n) is 4.32. The van der Waals surface area contributed by atoms with Crippen LogP contribution in [0, 0.1) is 11.8 Å². The van der Waals surface area contributed by atoms with E-state index in [0.29, 0.717) is 18.5 Å². The summed E-state index contributed by atoms with van der Waals surface area (Å²) in [6, 6.07) is 26.2. The number of hydrogen-bond donors (Lipinski definition) is 3. The maximum atomic E-state index is 13.7. The van der Waals surface area contributed by atoms with Gasteiger partial charge in [-0.25, -0.2) is 5.48 Å². The highest BCUT2D eigenvalue weighted by Crippen LogP contribution is 2.25. The highest BCUT2D eigenvalue weighted by atomic mass is 16.5. The predicted octanol–water partition coefficient (Wildman–Crippen LogP) is 4.73. The van der Waals surface area contributed by atoms with Crippen molar-refractivity contribution in [1.29, 1.82) is 0 Å². The average molecular weight is 502 g/mol. The Morgan fingerprint density at radius 2 is 1.41 bits per heavy atom. The molecule has 0 radical (unpaired) electrons. The zero-order valence-corrected chi connectivity index (χ0v) is 21.6. The number of nitrogens with zero attached hydrogens (tertiary/aromatic N) is 1. The first kappa shape index (κ1) is 27.6. The second-order valence-electron chi connectivity index (χ2n) is 9.68. The molecule has 37 heavy (non-hydrogen) atoms. The maximum absolute atomic E-state index is 13.7. The Morgan fingerprint density at radius 1 is 0.838 bits per heavy atom. The number of rotatable bonds is 11. The fourth-order valence-corrected chi connectivity index (χ4v) is 4.32. The van der Waals surface area contributed by atoms with Gasteiger partial charge in [0.25, 0.3) is 0 Å². The van der Waals surface area contributed by atoms with Crippen LogP contribution in [0.2, 0.25) is 0 Å². The van der Waals surface area contributed by atoms with Crippen LogP contribution in [0.15, 0.2) is 84.9 Å². The molecule has 0 bridgehead atoms. The van der Waals surface area contributed by atoms with Crippen molar-refractivity contribution >= 4 is 17.7 Å². The molecular formula is C30H35N3O4. The van der Waals surface area contributed by atoms with E-state index in [2.05, 4.69) is 5.32 Å². The Labute approximate surface area is 218 Å². The van der Waals surface area contributed by atoms with E-state index >= 15 is 0 Å². The number of hydrogen-bond acceptors (Lipinski definition) is 4. The van der Waals surface area contributed by atoms with Gasteiger partial charge in [0.1, 0.15) is 6.04 Å². The van der Waals surface area contributed by atoms with Gasteiger partial charge in [0.15, 0.2) is 0 Å². The first-order valence-corrected chi connectivity index (χ1v) is 12.5. The van der Waals surface area contributed by atoms with Crippen molar-refractivity contribution in [3.8, 4) is 11.1 Å². The van der Waals surface area contributed by atoms with Crippen molar-refractivity contribution in [2.24, 2.45) is 11.8 Å². The van der Waals surface area contributed by atoms with Crippen LogP contribution in [0.3, 0.4) is 0 Å². The van der Waals surface area contributed by atoms with Gasteiger partial charge in [-0.3, -0.25) is 19.6 Å². The van der Waals surface area contributed by atoms with Crippen molar-refractivity contribution in [3.63, 3.8) is 0 Å². The van der Waals surface area contributed by atoms with Gasteiger partial charge in [0.2, 0.25) is 17.7 Å². The van der Waals surface area contributed by atoms with E-state index in [1.807, 2.05) is 98.8 Å². The third-order valence-electron chi connectivity index (χ3n) is 6.21. The summed E-state index contributed by atoms with van der Waals surface area (Å²) in [4.78, 5) is 40.4. The van der Waals surface area contributed by atoms with E-state index in [-0.39, 0.29) is 18.2 Å². The lowest BCUT2D eigenvalue weighted by atomic mass is 9.92. The van der Waals surface area contributed by atoms with E-state index in [9.17, 15) is 14.4 Å². The number of likely N-dealkylation sites (N-methyl/N-ethyl adjacent to an activating group) is 1. The molecule has 0 aromatic heterocycles. The molecular weight excluding hydrogens is 466 g/mol. The molecule has 3 rings (SSSR count). The Bertz CT molecular complexity index is 1160. The predicted molar refractivity (Wildman–Crippen MR) is 143 cm³/mol. The number of carbonyl (C=O) groups excluding carboxylic acids is 3. The molecule has 3 N–H and O–H groups in total. The quantitative estimate of drug-likeness (QED) is 0.261. The van der Waals surface area contributed by atoms with Crippen LogP contribution in [0.25, 0.3) is 11.1 Å². The molecule has 3 aromatic carbocycles. The molecule has 1 unspecified atom stereocenters. The Kier molecular flexibility index (Phi) is 9.98. The molecule has 3 aromatic rings. The summed E-state index contributed by atoms with van der Waals surface area (Å²) in [6.07, 6.45) is 0.265. The second kappa shape index (κ2) is 13.4. The molecule has 0 fully saturated rings. The minimum absolute atomic E-state index is 0.141. The molecule has 7 nitrogen and oxygen atoms in total. The van der Waals surface area contributed by atoms with Crippen molar-refractivity contribution < 1.29 is 19.6 Å². The molecule has 2 atom stereocenters. The van der Waals surface area contributed by atoms with Crippen molar-refractivity contribution in [1.82, 2.24) is 15.7 Å². The van der Waals surface area contributed by atoms with Crippen molar-refractivity contribution in [3.05, 3.63) is 96.1 Å². The number of carbonyl (C=O) groups is 3. The monoisotopic (exact) mass is 501 g/mol. The molecule has 0 aliphatic rings.